The molecule has 0 aromatic rings. The summed E-state index contributed by atoms with van der Waals surface area (Å²) in [6.07, 6.45) is 3.56. The first-order valence-electron chi connectivity index (χ1n) is 5.20. The molecule has 3 unspecified atom stereocenters. The zero-order chi connectivity index (χ0) is 9.31. The minimum atomic E-state index is 0.0198. The lowest BCUT2D eigenvalue weighted by atomic mass is 9.85. The summed E-state index contributed by atoms with van der Waals surface area (Å²) < 4.78 is 11.5. The second-order valence-electron chi connectivity index (χ2n) is 4.15. The predicted octanol–water partition coefficient (Wildman–Crippen LogP) is 0.932. The molecule has 1 N–H and O–H groups in total. The first-order chi connectivity index (χ1) is 6.27. The van der Waals surface area contributed by atoms with E-state index in [2.05, 4.69) is 12.2 Å². The van der Waals surface area contributed by atoms with Crippen molar-refractivity contribution in [1.29, 1.82) is 0 Å². The van der Waals surface area contributed by atoms with Gasteiger partial charge in [0.15, 0.2) is 0 Å². The summed E-state index contributed by atoms with van der Waals surface area (Å²) in [5.74, 6) is 0. The quantitative estimate of drug-likeness (QED) is 0.659. The summed E-state index contributed by atoms with van der Waals surface area (Å²) in [7, 11) is 2.03. The Morgan fingerprint density at radius 1 is 1.38 bits per heavy atom. The minimum Gasteiger partial charge on any atom is -0.375 e. The van der Waals surface area contributed by atoms with Gasteiger partial charge in [0.05, 0.1) is 11.7 Å². The van der Waals surface area contributed by atoms with Crippen LogP contribution in [-0.4, -0.2) is 38.0 Å². The van der Waals surface area contributed by atoms with Crippen LogP contribution in [0.25, 0.3) is 0 Å². The van der Waals surface area contributed by atoms with Gasteiger partial charge in [-0.05, 0) is 26.8 Å². The summed E-state index contributed by atoms with van der Waals surface area (Å²) >= 11 is 0. The second kappa shape index (κ2) is 3.56. The van der Waals surface area contributed by atoms with Crippen molar-refractivity contribution in [1.82, 2.24) is 5.32 Å². The molecule has 0 radical (unpaired) electrons. The van der Waals surface area contributed by atoms with Crippen molar-refractivity contribution >= 4 is 0 Å². The Bertz CT molecular complexity index is 186. The van der Waals surface area contributed by atoms with E-state index in [1.165, 1.54) is 0 Å². The highest BCUT2D eigenvalue weighted by atomic mass is 16.6. The molecule has 76 valence electrons. The van der Waals surface area contributed by atoms with E-state index in [4.69, 9.17) is 9.47 Å². The molecule has 0 aliphatic carbocycles. The molecule has 2 aliphatic rings. The van der Waals surface area contributed by atoms with Gasteiger partial charge in [-0.15, -0.1) is 0 Å². The Labute approximate surface area is 79.8 Å². The lowest BCUT2D eigenvalue weighted by molar-refractivity contribution is -0.118. The van der Waals surface area contributed by atoms with E-state index in [-0.39, 0.29) is 11.7 Å². The lowest BCUT2D eigenvalue weighted by Gasteiger charge is -2.40. The Balaban J connectivity index is 2.04. The maximum absolute atomic E-state index is 5.91. The second-order valence-corrected chi connectivity index (χ2v) is 4.15. The zero-order valence-electron chi connectivity index (χ0n) is 8.51. The van der Waals surface area contributed by atoms with Crippen LogP contribution >= 0.6 is 0 Å². The molecule has 0 aromatic carbocycles. The van der Waals surface area contributed by atoms with Crippen molar-refractivity contribution in [2.75, 3.05) is 20.3 Å². The standard InChI is InChI=1S/C10H19NO2/c1-8-10(4-6-12-8)7-9(11-2)3-5-13-10/h8-9,11H,3-7H2,1-2H3. The van der Waals surface area contributed by atoms with Crippen LogP contribution in [0.3, 0.4) is 0 Å². The van der Waals surface area contributed by atoms with Crippen LogP contribution in [0.2, 0.25) is 0 Å². The SMILES string of the molecule is CNC1CCOC2(CCOC2C)C1. The predicted molar refractivity (Wildman–Crippen MR) is 50.8 cm³/mol. The van der Waals surface area contributed by atoms with Gasteiger partial charge in [-0.25, -0.2) is 0 Å². The van der Waals surface area contributed by atoms with Crippen LogP contribution in [0, 0.1) is 0 Å². The van der Waals surface area contributed by atoms with E-state index in [1.54, 1.807) is 0 Å². The van der Waals surface area contributed by atoms with Gasteiger partial charge in [0, 0.05) is 25.7 Å². The van der Waals surface area contributed by atoms with E-state index in [1.807, 2.05) is 7.05 Å². The summed E-state index contributed by atoms with van der Waals surface area (Å²) in [6, 6.07) is 0.609. The highest BCUT2D eigenvalue weighted by molar-refractivity contribution is 4.97. The van der Waals surface area contributed by atoms with Gasteiger partial charge in [0.2, 0.25) is 0 Å². The van der Waals surface area contributed by atoms with E-state index in [9.17, 15) is 0 Å². The third-order valence-electron chi connectivity index (χ3n) is 3.49. The average molecular weight is 185 g/mol. The highest BCUT2D eigenvalue weighted by Gasteiger charge is 2.45. The molecule has 0 amide bonds. The van der Waals surface area contributed by atoms with Gasteiger partial charge >= 0.3 is 0 Å². The van der Waals surface area contributed by atoms with Gasteiger partial charge in [0.1, 0.15) is 0 Å². The molecule has 2 heterocycles. The molecular weight excluding hydrogens is 166 g/mol. The summed E-state index contributed by atoms with van der Waals surface area (Å²) in [5, 5.41) is 3.34. The van der Waals surface area contributed by atoms with Crippen molar-refractivity contribution in [2.45, 2.75) is 43.9 Å². The molecule has 3 atom stereocenters. The molecular formula is C10H19NO2. The molecule has 3 heteroatoms. The van der Waals surface area contributed by atoms with Crippen LogP contribution in [-0.2, 0) is 9.47 Å². The molecule has 2 aliphatic heterocycles. The minimum absolute atomic E-state index is 0.0198. The third kappa shape index (κ3) is 1.60. The van der Waals surface area contributed by atoms with Crippen LogP contribution in [0.4, 0.5) is 0 Å². The van der Waals surface area contributed by atoms with Crippen molar-refractivity contribution in [3.8, 4) is 0 Å². The number of hydrogen-bond donors (Lipinski definition) is 1. The third-order valence-corrected chi connectivity index (χ3v) is 3.49. The smallest absolute Gasteiger partial charge is 0.0976 e. The highest BCUT2D eigenvalue weighted by Crippen LogP contribution is 2.37. The number of rotatable bonds is 1. The molecule has 3 nitrogen and oxygen atoms in total. The Hall–Kier alpha value is -0.120. The zero-order valence-corrected chi connectivity index (χ0v) is 8.51. The van der Waals surface area contributed by atoms with Crippen molar-refractivity contribution in [3.05, 3.63) is 0 Å². The maximum Gasteiger partial charge on any atom is 0.0976 e. The van der Waals surface area contributed by atoms with Gasteiger partial charge in [0.25, 0.3) is 0 Å². The monoisotopic (exact) mass is 185 g/mol. The molecule has 1 spiro atoms. The van der Waals surface area contributed by atoms with Crippen LogP contribution < -0.4 is 5.32 Å². The van der Waals surface area contributed by atoms with E-state index in [0.717, 1.165) is 32.5 Å². The largest absolute Gasteiger partial charge is 0.375 e. The molecule has 13 heavy (non-hydrogen) atoms. The average Bonchev–Trinajstić information content (AvgIpc) is 2.48. The number of hydrogen-bond acceptors (Lipinski definition) is 3. The molecule has 0 saturated carbocycles. The number of nitrogens with one attached hydrogen (secondary N) is 1. The van der Waals surface area contributed by atoms with Crippen molar-refractivity contribution in [2.24, 2.45) is 0 Å². The summed E-state index contributed by atoms with van der Waals surface area (Å²) in [6.45, 7) is 3.86. The van der Waals surface area contributed by atoms with Crippen LogP contribution in [0.1, 0.15) is 26.2 Å². The molecule has 0 bridgehead atoms. The van der Waals surface area contributed by atoms with Gasteiger partial charge in [-0.1, -0.05) is 0 Å². The number of ether oxygens (including phenoxy) is 2. The Morgan fingerprint density at radius 2 is 2.23 bits per heavy atom. The lowest BCUT2D eigenvalue weighted by Crippen LogP contribution is -2.49. The first kappa shape index (κ1) is 9.44. The molecule has 2 saturated heterocycles. The fourth-order valence-electron chi connectivity index (χ4n) is 2.45. The Morgan fingerprint density at radius 3 is 2.85 bits per heavy atom. The normalized spacial score (nSPS) is 45.7. The fourth-order valence-corrected chi connectivity index (χ4v) is 2.45. The van der Waals surface area contributed by atoms with E-state index >= 15 is 0 Å². The fraction of sp³-hybridized carbons (Fsp3) is 1.00. The van der Waals surface area contributed by atoms with E-state index < -0.39 is 0 Å². The van der Waals surface area contributed by atoms with Crippen molar-refractivity contribution < 1.29 is 9.47 Å². The Kier molecular flexibility index (Phi) is 2.58. The summed E-state index contributed by atoms with van der Waals surface area (Å²) in [5.41, 5.74) is 0.0198. The van der Waals surface area contributed by atoms with Gasteiger partial charge < -0.3 is 14.8 Å². The van der Waals surface area contributed by atoms with Crippen LogP contribution in [0.5, 0.6) is 0 Å². The van der Waals surface area contributed by atoms with Gasteiger partial charge in [-0.2, -0.15) is 0 Å². The summed E-state index contributed by atoms with van der Waals surface area (Å²) in [4.78, 5) is 0. The van der Waals surface area contributed by atoms with Crippen LogP contribution in [0.15, 0.2) is 0 Å². The first-order valence-corrected chi connectivity index (χ1v) is 5.20. The molecule has 0 aromatic heterocycles. The topological polar surface area (TPSA) is 30.5 Å². The molecule has 2 fully saturated rings. The van der Waals surface area contributed by atoms with Gasteiger partial charge in [-0.3, -0.25) is 0 Å². The van der Waals surface area contributed by atoms with Crippen molar-refractivity contribution in [3.63, 3.8) is 0 Å². The molecule has 2 rings (SSSR count). The van der Waals surface area contributed by atoms with E-state index in [0.29, 0.717) is 6.04 Å². The maximum atomic E-state index is 5.91.